The van der Waals surface area contributed by atoms with Crippen molar-refractivity contribution in [2.24, 2.45) is 0 Å². The molecule has 2 aliphatic rings. The molecule has 2 aliphatic carbocycles. The lowest BCUT2D eigenvalue weighted by molar-refractivity contribution is 0.607. The van der Waals surface area contributed by atoms with Gasteiger partial charge in [0.1, 0.15) is 0 Å². The lowest BCUT2D eigenvalue weighted by Gasteiger charge is -2.00. The fourth-order valence-corrected chi connectivity index (χ4v) is 3.01. The van der Waals surface area contributed by atoms with Gasteiger partial charge in [-0.05, 0) is 41.7 Å². The predicted octanol–water partition coefficient (Wildman–Crippen LogP) is 6.46. The minimum absolute atomic E-state index is 1.17. The van der Waals surface area contributed by atoms with Crippen LogP contribution in [0.15, 0.2) is 40.9 Å². The summed E-state index contributed by atoms with van der Waals surface area (Å²) in [6.07, 6.45) is 9.43. The molecule has 1 heteroatoms. The smallest absolute Gasteiger partial charge is 0.0187 e. The van der Waals surface area contributed by atoms with Gasteiger partial charge < -0.3 is 0 Å². The van der Waals surface area contributed by atoms with Crippen LogP contribution in [0.1, 0.15) is 51.0 Å². The second kappa shape index (κ2) is 7.69. The maximum atomic E-state index is 3.53. The highest BCUT2D eigenvalue weighted by Crippen LogP contribution is 2.28. The van der Waals surface area contributed by atoms with Crippen molar-refractivity contribution >= 4 is 15.9 Å². The number of halogens is 1. The summed E-state index contributed by atoms with van der Waals surface area (Å²) in [5.41, 5.74) is 4.10. The second-order valence-electron chi connectivity index (χ2n) is 5.34. The molecule has 0 spiro atoms. The van der Waals surface area contributed by atoms with E-state index in [0.717, 1.165) is 0 Å². The Morgan fingerprint density at radius 1 is 0.789 bits per heavy atom. The molecular formula is C18H23Br. The van der Waals surface area contributed by atoms with Crippen LogP contribution in [-0.4, -0.2) is 0 Å². The van der Waals surface area contributed by atoms with Gasteiger partial charge in [0, 0.05) is 4.47 Å². The molecule has 0 radical (unpaired) electrons. The van der Waals surface area contributed by atoms with E-state index in [9.17, 15) is 0 Å². The van der Waals surface area contributed by atoms with Crippen molar-refractivity contribution in [3.8, 4) is 11.1 Å². The molecule has 0 aromatic carbocycles. The lowest BCUT2D eigenvalue weighted by Crippen LogP contribution is -1.84. The summed E-state index contributed by atoms with van der Waals surface area (Å²) < 4.78 is 1.17. The van der Waals surface area contributed by atoms with Gasteiger partial charge >= 0.3 is 0 Å². The Kier molecular flexibility index (Phi) is 5.91. The first-order valence-electron chi connectivity index (χ1n) is 7.48. The molecule has 19 heavy (non-hydrogen) atoms. The fourth-order valence-electron chi connectivity index (χ4n) is 2.52. The maximum absolute atomic E-state index is 3.53. The Labute approximate surface area is 125 Å². The van der Waals surface area contributed by atoms with Gasteiger partial charge in [0.25, 0.3) is 0 Å². The molecule has 0 saturated carbocycles. The Morgan fingerprint density at radius 3 is 2.00 bits per heavy atom. The summed E-state index contributed by atoms with van der Waals surface area (Å²) in [4.78, 5) is 0. The normalized spacial score (nSPS) is 11.1. The average molecular weight is 319 g/mol. The minimum atomic E-state index is 1.17. The van der Waals surface area contributed by atoms with Crippen molar-refractivity contribution in [1.29, 1.82) is 0 Å². The number of fused-ring (bicyclic) bond motifs is 1. The van der Waals surface area contributed by atoms with Crippen LogP contribution in [0.5, 0.6) is 0 Å². The lowest BCUT2D eigenvalue weighted by atomic mass is 10.1. The van der Waals surface area contributed by atoms with E-state index in [2.05, 4.69) is 59.3 Å². The van der Waals surface area contributed by atoms with Crippen molar-refractivity contribution in [2.75, 3.05) is 0 Å². The molecule has 0 fully saturated rings. The molecule has 0 unspecified atom stereocenters. The summed E-state index contributed by atoms with van der Waals surface area (Å²) in [6, 6.07) is 13.4. The van der Waals surface area contributed by atoms with Crippen LogP contribution in [0.25, 0.3) is 11.1 Å². The first-order valence-corrected chi connectivity index (χ1v) is 8.27. The number of hydrogen-bond donors (Lipinski definition) is 0. The fraction of sp³-hybridized carbons (Fsp3) is 0.444. The first kappa shape index (κ1) is 14.6. The molecule has 0 aromatic rings. The van der Waals surface area contributed by atoms with Gasteiger partial charge in [-0.2, -0.15) is 0 Å². The molecule has 0 bridgehead atoms. The highest BCUT2D eigenvalue weighted by Gasteiger charge is 2.03. The zero-order chi connectivity index (χ0) is 13.5. The van der Waals surface area contributed by atoms with E-state index in [1.807, 2.05) is 0 Å². The van der Waals surface area contributed by atoms with Crippen molar-refractivity contribution in [3.05, 3.63) is 46.4 Å². The maximum Gasteiger partial charge on any atom is 0.0187 e. The summed E-state index contributed by atoms with van der Waals surface area (Å²) in [5.74, 6) is 0. The standard InChI is InChI=1S/C18H23Br/c1-2-3-4-5-6-7-8-15-9-11-16-13-18(19)14-17(16)12-10-15/h9-14H,2-8H2,1H3. The Balaban J connectivity index is 1.84. The average Bonchev–Trinajstić information content (AvgIpc) is 2.66. The molecule has 0 N–H and O–H groups in total. The zero-order valence-electron chi connectivity index (χ0n) is 11.8. The van der Waals surface area contributed by atoms with E-state index >= 15 is 0 Å². The Bertz CT molecular complexity index is 442. The predicted molar refractivity (Wildman–Crippen MR) is 87.8 cm³/mol. The van der Waals surface area contributed by atoms with Crippen LogP contribution in [-0.2, 0) is 6.42 Å². The summed E-state index contributed by atoms with van der Waals surface area (Å²) in [6.45, 7) is 2.27. The topological polar surface area (TPSA) is 0 Å². The van der Waals surface area contributed by atoms with Crippen molar-refractivity contribution < 1.29 is 0 Å². The zero-order valence-corrected chi connectivity index (χ0v) is 13.4. The van der Waals surface area contributed by atoms with Crippen molar-refractivity contribution in [3.63, 3.8) is 0 Å². The van der Waals surface area contributed by atoms with E-state index in [4.69, 9.17) is 0 Å². The second-order valence-corrected chi connectivity index (χ2v) is 6.26. The van der Waals surface area contributed by atoms with Crippen LogP contribution >= 0.6 is 15.9 Å². The highest BCUT2D eigenvalue weighted by molar-refractivity contribution is 9.10. The third-order valence-electron chi connectivity index (χ3n) is 3.69. The van der Waals surface area contributed by atoms with Gasteiger partial charge in [0.15, 0.2) is 0 Å². The van der Waals surface area contributed by atoms with Crippen LogP contribution < -0.4 is 0 Å². The molecule has 0 aromatic heterocycles. The summed E-state index contributed by atoms with van der Waals surface area (Å²) in [7, 11) is 0. The number of hydrogen-bond acceptors (Lipinski definition) is 0. The van der Waals surface area contributed by atoms with Gasteiger partial charge in [-0.15, -0.1) is 0 Å². The van der Waals surface area contributed by atoms with Crippen molar-refractivity contribution in [2.45, 2.75) is 51.9 Å². The summed E-state index contributed by atoms with van der Waals surface area (Å²) in [5, 5.41) is 0. The van der Waals surface area contributed by atoms with Gasteiger partial charge in [0.2, 0.25) is 0 Å². The Hall–Kier alpha value is -0.820. The van der Waals surface area contributed by atoms with E-state index in [1.54, 1.807) is 0 Å². The molecule has 0 atom stereocenters. The SMILES string of the molecule is CCCCCCCCc1ccc2cc(Br)cc-2cc1. The van der Waals surface area contributed by atoms with E-state index in [-0.39, 0.29) is 0 Å². The van der Waals surface area contributed by atoms with E-state index in [1.165, 1.54) is 66.1 Å². The molecule has 2 rings (SSSR count). The number of unbranched alkanes of at least 4 members (excludes halogenated alkanes) is 5. The van der Waals surface area contributed by atoms with Crippen LogP contribution in [0.2, 0.25) is 0 Å². The monoisotopic (exact) mass is 318 g/mol. The summed E-state index contributed by atoms with van der Waals surface area (Å²) >= 11 is 3.53. The third kappa shape index (κ3) is 4.65. The molecule has 0 amide bonds. The molecule has 0 nitrogen and oxygen atoms in total. The van der Waals surface area contributed by atoms with Crippen LogP contribution in [0.3, 0.4) is 0 Å². The third-order valence-corrected chi connectivity index (χ3v) is 4.15. The quantitative estimate of drug-likeness (QED) is 0.514. The van der Waals surface area contributed by atoms with Gasteiger partial charge in [-0.3, -0.25) is 0 Å². The first-order chi connectivity index (χ1) is 9.29. The molecule has 0 heterocycles. The molecular weight excluding hydrogens is 296 g/mol. The Morgan fingerprint density at radius 2 is 1.37 bits per heavy atom. The number of rotatable bonds is 7. The van der Waals surface area contributed by atoms with Crippen molar-refractivity contribution in [1.82, 2.24) is 0 Å². The number of aryl methyl sites for hydroxylation is 1. The molecule has 0 saturated heterocycles. The highest BCUT2D eigenvalue weighted by atomic mass is 79.9. The molecule has 0 aliphatic heterocycles. The minimum Gasteiger partial charge on any atom is -0.0654 e. The van der Waals surface area contributed by atoms with E-state index in [0.29, 0.717) is 0 Å². The largest absolute Gasteiger partial charge is 0.0654 e. The van der Waals surface area contributed by atoms with Crippen LogP contribution in [0, 0.1) is 0 Å². The van der Waals surface area contributed by atoms with Crippen LogP contribution in [0.4, 0.5) is 0 Å². The van der Waals surface area contributed by atoms with Gasteiger partial charge in [0.05, 0.1) is 0 Å². The van der Waals surface area contributed by atoms with E-state index < -0.39 is 0 Å². The van der Waals surface area contributed by atoms with Gasteiger partial charge in [-0.25, -0.2) is 0 Å². The van der Waals surface area contributed by atoms with Gasteiger partial charge in [-0.1, -0.05) is 79.2 Å². The molecule has 102 valence electrons.